The van der Waals surface area contributed by atoms with Gasteiger partial charge in [-0.3, -0.25) is 4.79 Å². The molecule has 0 N–H and O–H groups in total. The summed E-state index contributed by atoms with van der Waals surface area (Å²) in [4.78, 5) is 50.2. The lowest BCUT2D eigenvalue weighted by molar-refractivity contribution is 0.0430. The van der Waals surface area contributed by atoms with Crippen molar-refractivity contribution in [3.05, 3.63) is 27.7 Å². The standard InChI is InChI=1S/C20H26BrNO7/c1-8-27-16(24)13-10-14(21)12(11-23)9-15(13)22(17(25)28-19(2,3)4)18(26)29-20(5,6)7/h9-11H,8H2,1-7H3. The molecule has 0 bridgehead atoms. The van der Waals surface area contributed by atoms with Crippen molar-refractivity contribution in [1.82, 2.24) is 0 Å². The van der Waals surface area contributed by atoms with Crippen molar-refractivity contribution < 1.29 is 33.4 Å². The van der Waals surface area contributed by atoms with Crippen LogP contribution in [0.1, 0.15) is 69.2 Å². The van der Waals surface area contributed by atoms with Crippen molar-refractivity contribution in [3.63, 3.8) is 0 Å². The largest absolute Gasteiger partial charge is 0.462 e. The number of nitrogens with zero attached hydrogens (tertiary/aromatic N) is 1. The number of halogens is 1. The lowest BCUT2D eigenvalue weighted by Crippen LogP contribution is -2.44. The second-order valence-electron chi connectivity index (χ2n) is 8.03. The summed E-state index contributed by atoms with van der Waals surface area (Å²) in [6.07, 6.45) is -1.60. The Labute approximate surface area is 178 Å². The van der Waals surface area contributed by atoms with Gasteiger partial charge in [-0.15, -0.1) is 0 Å². The summed E-state index contributed by atoms with van der Waals surface area (Å²) in [5.41, 5.74) is -2.03. The number of carbonyl (C=O) groups excluding carboxylic acids is 4. The molecule has 0 unspecified atom stereocenters. The van der Waals surface area contributed by atoms with Gasteiger partial charge >= 0.3 is 18.2 Å². The first kappa shape index (κ1) is 24.6. The third-order valence-electron chi connectivity index (χ3n) is 3.13. The first-order valence-electron chi connectivity index (χ1n) is 8.92. The Morgan fingerprint density at radius 1 is 1.00 bits per heavy atom. The fraction of sp³-hybridized carbons (Fsp3) is 0.500. The van der Waals surface area contributed by atoms with Gasteiger partial charge < -0.3 is 14.2 Å². The van der Waals surface area contributed by atoms with Gasteiger partial charge in [0.25, 0.3) is 0 Å². The highest BCUT2D eigenvalue weighted by Gasteiger charge is 2.35. The van der Waals surface area contributed by atoms with E-state index in [1.165, 1.54) is 12.1 Å². The minimum atomic E-state index is -1.06. The lowest BCUT2D eigenvalue weighted by atomic mass is 10.1. The molecule has 9 heteroatoms. The lowest BCUT2D eigenvalue weighted by Gasteiger charge is -2.29. The minimum absolute atomic E-state index is 0.0736. The van der Waals surface area contributed by atoms with Gasteiger partial charge in [0.2, 0.25) is 0 Å². The van der Waals surface area contributed by atoms with Crippen LogP contribution in [0.25, 0.3) is 0 Å². The predicted octanol–water partition coefficient (Wildman–Crippen LogP) is 5.11. The van der Waals surface area contributed by atoms with E-state index in [1.807, 2.05) is 0 Å². The Morgan fingerprint density at radius 3 is 1.86 bits per heavy atom. The Kier molecular flexibility index (Phi) is 7.97. The minimum Gasteiger partial charge on any atom is -0.462 e. The van der Waals surface area contributed by atoms with E-state index in [0.717, 1.165) is 0 Å². The van der Waals surface area contributed by atoms with Gasteiger partial charge in [-0.25, -0.2) is 14.4 Å². The van der Waals surface area contributed by atoms with Crippen molar-refractivity contribution in [2.45, 2.75) is 59.7 Å². The third-order valence-corrected chi connectivity index (χ3v) is 3.82. The van der Waals surface area contributed by atoms with Crippen molar-refractivity contribution >= 4 is 46.1 Å². The average Bonchev–Trinajstić information content (AvgIpc) is 2.52. The van der Waals surface area contributed by atoms with Crippen LogP contribution in [0.5, 0.6) is 0 Å². The SMILES string of the molecule is CCOC(=O)c1cc(Br)c(C=O)cc1N(C(=O)OC(C)(C)C)C(=O)OC(C)(C)C. The van der Waals surface area contributed by atoms with Gasteiger partial charge in [0.05, 0.1) is 17.9 Å². The molecule has 0 aromatic heterocycles. The number of amides is 2. The molecule has 160 valence electrons. The molecule has 0 fully saturated rings. The summed E-state index contributed by atoms with van der Waals surface area (Å²) in [5.74, 6) is -0.780. The molecule has 0 aliphatic carbocycles. The fourth-order valence-electron chi connectivity index (χ4n) is 2.11. The number of imide groups is 1. The maximum Gasteiger partial charge on any atom is 0.424 e. The van der Waals surface area contributed by atoms with Crippen LogP contribution in [0.2, 0.25) is 0 Å². The molecule has 0 aliphatic heterocycles. The molecule has 0 spiro atoms. The zero-order valence-corrected chi connectivity index (χ0v) is 19.2. The second kappa shape index (κ2) is 9.39. The van der Waals surface area contributed by atoms with Crippen LogP contribution in [-0.4, -0.2) is 42.3 Å². The number of ether oxygens (including phenoxy) is 3. The van der Waals surface area contributed by atoms with Crippen molar-refractivity contribution in [1.29, 1.82) is 0 Å². The average molecular weight is 472 g/mol. The Morgan fingerprint density at radius 2 is 1.48 bits per heavy atom. The molecule has 0 radical (unpaired) electrons. The summed E-state index contributed by atoms with van der Waals surface area (Å²) in [7, 11) is 0. The zero-order valence-electron chi connectivity index (χ0n) is 17.6. The van der Waals surface area contributed by atoms with Crippen LogP contribution >= 0.6 is 15.9 Å². The summed E-state index contributed by atoms with van der Waals surface area (Å²) < 4.78 is 16.0. The number of anilines is 1. The third kappa shape index (κ3) is 7.16. The number of aldehydes is 1. The van der Waals surface area contributed by atoms with Crippen LogP contribution < -0.4 is 4.90 Å². The zero-order chi connectivity index (χ0) is 22.6. The Hall–Kier alpha value is -2.42. The van der Waals surface area contributed by atoms with Crippen LogP contribution in [0.4, 0.5) is 15.3 Å². The van der Waals surface area contributed by atoms with Gasteiger partial charge in [-0.2, -0.15) is 4.90 Å². The fourth-order valence-corrected chi connectivity index (χ4v) is 2.55. The smallest absolute Gasteiger partial charge is 0.424 e. The van der Waals surface area contributed by atoms with Gasteiger partial charge in [-0.05, 0) is 60.6 Å². The topological polar surface area (TPSA) is 99.2 Å². The second-order valence-corrected chi connectivity index (χ2v) is 8.88. The van der Waals surface area contributed by atoms with Crippen LogP contribution in [0.15, 0.2) is 16.6 Å². The molecule has 0 aliphatic rings. The monoisotopic (exact) mass is 471 g/mol. The number of rotatable bonds is 4. The van der Waals surface area contributed by atoms with E-state index in [-0.39, 0.29) is 23.4 Å². The molecule has 0 saturated carbocycles. The number of carbonyl (C=O) groups is 4. The highest BCUT2D eigenvalue weighted by Crippen LogP contribution is 2.31. The summed E-state index contributed by atoms with van der Waals surface area (Å²) in [5, 5.41) is 0. The molecule has 1 aromatic rings. The van der Waals surface area contributed by atoms with E-state index in [1.54, 1.807) is 48.5 Å². The summed E-state index contributed by atoms with van der Waals surface area (Å²) >= 11 is 3.19. The van der Waals surface area contributed by atoms with E-state index >= 15 is 0 Å². The molecule has 1 rings (SSSR count). The van der Waals surface area contributed by atoms with Gasteiger partial charge in [0, 0.05) is 10.0 Å². The molecule has 0 atom stereocenters. The summed E-state index contributed by atoms with van der Waals surface area (Å²) in [6, 6.07) is 2.52. The molecule has 0 heterocycles. The van der Waals surface area contributed by atoms with E-state index in [0.29, 0.717) is 15.7 Å². The number of esters is 1. The molecule has 2 amide bonds. The van der Waals surface area contributed by atoms with Crippen LogP contribution in [-0.2, 0) is 14.2 Å². The molecule has 29 heavy (non-hydrogen) atoms. The first-order valence-corrected chi connectivity index (χ1v) is 9.71. The van der Waals surface area contributed by atoms with E-state index in [9.17, 15) is 19.2 Å². The molecular formula is C20H26BrNO7. The number of hydrogen-bond donors (Lipinski definition) is 0. The van der Waals surface area contributed by atoms with E-state index < -0.39 is 29.4 Å². The normalized spacial score (nSPS) is 11.4. The van der Waals surface area contributed by atoms with Gasteiger partial charge in [-0.1, -0.05) is 15.9 Å². The quantitative estimate of drug-likeness (QED) is 0.341. The summed E-state index contributed by atoms with van der Waals surface area (Å²) in [6.45, 7) is 11.5. The van der Waals surface area contributed by atoms with Crippen molar-refractivity contribution in [2.24, 2.45) is 0 Å². The highest BCUT2D eigenvalue weighted by atomic mass is 79.9. The van der Waals surface area contributed by atoms with Crippen molar-refractivity contribution in [3.8, 4) is 0 Å². The molecular weight excluding hydrogens is 446 g/mol. The Bertz CT molecular complexity index is 778. The van der Waals surface area contributed by atoms with Crippen LogP contribution in [0, 0.1) is 0 Å². The molecule has 1 aromatic carbocycles. The van der Waals surface area contributed by atoms with Gasteiger partial charge in [0.15, 0.2) is 6.29 Å². The Balaban J connectivity index is 3.68. The molecule has 8 nitrogen and oxygen atoms in total. The maximum absolute atomic E-state index is 12.9. The highest BCUT2D eigenvalue weighted by molar-refractivity contribution is 9.10. The predicted molar refractivity (Wildman–Crippen MR) is 110 cm³/mol. The first-order chi connectivity index (χ1) is 13.2. The maximum atomic E-state index is 12.9. The molecule has 0 saturated heterocycles. The van der Waals surface area contributed by atoms with E-state index in [4.69, 9.17) is 14.2 Å². The number of benzene rings is 1. The van der Waals surface area contributed by atoms with Crippen LogP contribution in [0.3, 0.4) is 0 Å². The van der Waals surface area contributed by atoms with Crippen molar-refractivity contribution in [2.75, 3.05) is 11.5 Å². The van der Waals surface area contributed by atoms with Gasteiger partial charge in [0.1, 0.15) is 11.2 Å². The number of hydrogen-bond acceptors (Lipinski definition) is 7. The van der Waals surface area contributed by atoms with E-state index in [2.05, 4.69) is 15.9 Å².